The first-order valence-electron chi connectivity index (χ1n) is 10.4. The Hall–Kier alpha value is -2.07. The van der Waals surface area contributed by atoms with Crippen LogP contribution in [0.4, 0.5) is 0 Å². The number of aliphatic imine (C=N–C) groups is 1. The van der Waals surface area contributed by atoms with Gasteiger partial charge in [0.25, 0.3) is 0 Å². The number of halogens is 1. The number of aromatic nitrogens is 1. The molecule has 1 aromatic heterocycles. The number of benzene rings is 1. The summed E-state index contributed by atoms with van der Waals surface area (Å²) in [5, 5.41) is 6.83. The van der Waals surface area contributed by atoms with Gasteiger partial charge in [-0.15, -0.1) is 24.0 Å². The summed E-state index contributed by atoms with van der Waals surface area (Å²) < 4.78 is 16.2. The minimum absolute atomic E-state index is 0. The van der Waals surface area contributed by atoms with Crippen molar-refractivity contribution in [3.63, 3.8) is 0 Å². The van der Waals surface area contributed by atoms with E-state index in [0.717, 1.165) is 42.6 Å². The number of guanidine groups is 1. The molecular formula is C23H33IN4O3. The Balaban J connectivity index is 0.00000341. The van der Waals surface area contributed by atoms with Crippen molar-refractivity contribution in [3.8, 4) is 17.4 Å². The molecule has 3 rings (SSSR count). The third kappa shape index (κ3) is 7.53. The lowest BCUT2D eigenvalue weighted by molar-refractivity contribution is 0.0732. The van der Waals surface area contributed by atoms with Gasteiger partial charge in [-0.25, -0.2) is 4.98 Å². The number of hydrogen-bond acceptors (Lipinski definition) is 5. The third-order valence-electron chi connectivity index (χ3n) is 5.64. The minimum atomic E-state index is 0. The molecule has 7 nitrogen and oxygen atoms in total. The fourth-order valence-corrected chi connectivity index (χ4v) is 3.53. The van der Waals surface area contributed by atoms with Gasteiger partial charge < -0.3 is 24.8 Å². The van der Waals surface area contributed by atoms with Crippen molar-refractivity contribution in [3.05, 3.63) is 48.2 Å². The van der Waals surface area contributed by atoms with Crippen LogP contribution in [-0.2, 0) is 11.3 Å². The lowest BCUT2D eigenvalue weighted by atomic mass is 9.67. The average Bonchev–Trinajstić information content (AvgIpc) is 2.76. The van der Waals surface area contributed by atoms with Gasteiger partial charge in [0, 0.05) is 46.1 Å². The van der Waals surface area contributed by atoms with E-state index in [0.29, 0.717) is 17.8 Å². The molecule has 0 spiro atoms. The van der Waals surface area contributed by atoms with Crippen LogP contribution >= 0.6 is 24.0 Å². The number of methoxy groups -OCH3 is 2. The highest BCUT2D eigenvalue weighted by atomic mass is 127. The Labute approximate surface area is 202 Å². The first-order chi connectivity index (χ1) is 14.7. The van der Waals surface area contributed by atoms with E-state index < -0.39 is 0 Å². The SMILES string of the molecule is CN=C(NCc1ccc(Oc2ccc(OC)cc2)nc1)NCC1(CCOC)CCC1.I. The van der Waals surface area contributed by atoms with Crippen LogP contribution < -0.4 is 20.1 Å². The van der Waals surface area contributed by atoms with Gasteiger partial charge in [0.05, 0.1) is 7.11 Å². The highest BCUT2D eigenvalue weighted by molar-refractivity contribution is 14.0. The molecule has 0 amide bonds. The molecule has 8 heteroatoms. The molecule has 31 heavy (non-hydrogen) atoms. The fraction of sp³-hybridized carbons (Fsp3) is 0.478. The molecule has 2 aromatic rings. The van der Waals surface area contributed by atoms with E-state index in [2.05, 4.69) is 20.6 Å². The monoisotopic (exact) mass is 540 g/mol. The Morgan fingerprint density at radius 2 is 1.81 bits per heavy atom. The summed E-state index contributed by atoms with van der Waals surface area (Å²) in [5.74, 6) is 2.87. The second kappa shape index (κ2) is 12.7. The zero-order chi connectivity index (χ0) is 21.2. The van der Waals surface area contributed by atoms with Crippen LogP contribution in [0.25, 0.3) is 0 Å². The summed E-state index contributed by atoms with van der Waals surface area (Å²) in [6.45, 7) is 2.37. The normalized spacial score (nSPS) is 14.7. The molecule has 0 bridgehead atoms. The Morgan fingerprint density at radius 3 is 2.35 bits per heavy atom. The number of nitrogens with one attached hydrogen (secondary N) is 2. The highest BCUT2D eigenvalue weighted by Gasteiger charge is 2.36. The maximum atomic E-state index is 5.77. The molecule has 2 N–H and O–H groups in total. The molecule has 0 radical (unpaired) electrons. The Morgan fingerprint density at radius 1 is 1.06 bits per heavy atom. The fourth-order valence-electron chi connectivity index (χ4n) is 3.53. The van der Waals surface area contributed by atoms with Crippen molar-refractivity contribution in [1.82, 2.24) is 15.6 Å². The maximum absolute atomic E-state index is 5.77. The molecule has 0 unspecified atom stereocenters. The van der Waals surface area contributed by atoms with Gasteiger partial charge in [-0.05, 0) is 54.5 Å². The molecule has 170 valence electrons. The number of pyridine rings is 1. The molecule has 1 aliphatic rings. The molecule has 1 heterocycles. The Kier molecular flexibility index (Phi) is 10.3. The zero-order valence-electron chi connectivity index (χ0n) is 18.5. The van der Waals surface area contributed by atoms with E-state index >= 15 is 0 Å². The summed E-state index contributed by atoms with van der Waals surface area (Å²) in [5.41, 5.74) is 1.40. The van der Waals surface area contributed by atoms with Crippen molar-refractivity contribution in [1.29, 1.82) is 0 Å². The van der Waals surface area contributed by atoms with Gasteiger partial charge in [-0.3, -0.25) is 4.99 Å². The molecule has 1 aromatic carbocycles. The van der Waals surface area contributed by atoms with E-state index in [1.54, 1.807) is 21.3 Å². The van der Waals surface area contributed by atoms with Crippen LogP contribution in [0.15, 0.2) is 47.6 Å². The van der Waals surface area contributed by atoms with Crippen LogP contribution in [-0.4, -0.2) is 45.4 Å². The van der Waals surface area contributed by atoms with E-state index in [1.165, 1.54) is 19.3 Å². The third-order valence-corrected chi connectivity index (χ3v) is 5.64. The number of ether oxygens (including phenoxy) is 3. The summed E-state index contributed by atoms with van der Waals surface area (Å²) in [6.07, 6.45) is 6.70. The summed E-state index contributed by atoms with van der Waals surface area (Å²) >= 11 is 0. The standard InChI is InChI=1S/C23H32N4O3.HI/c1-24-22(27-17-23(11-4-12-23)13-14-28-2)26-16-18-5-10-21(25-15-18)30-20-8-6-19(29-3)7-9-20;/h5-10,15H,4,11-14,16-17H2,1-3H3,(H2,24,26,27);1H. The van der Waals surface area contributed by atoms with Crippen LogP contribution in [0.1, 0.15) is 31.2 Å². The molecule has 0 saturated heterocycles. The van der Waals surface area contributed by atoms with Crippen molar-refractivity contribution < 1.29 is 14.2 Å². The topological polar surface area (TPSA) is 77.0 Å². The molecule has 0 atom stereocenters. The Bertz CT molecular complexity index is 809. The van der Waals surface area contributed by atoms with E-state index in [9.17, 15) is 0 Å². The summed E-state index contributed by atoms with van der Waals surface area (Å²) in [4.78, 5) is 8.73. The van der Waals surface area contributed by atoms with Gasteiger partial charge in [0.1, 0.15) is 11.5 Å². The first-order valence-corrected chi connectivity index (χ1v) is 10.4. The van der Waals surface area contributed by atoms with Crippen LogP contribution in [0, 0.1) is 5.41 Å². The number of rotatable bonds is 10. The van der Waals surface area contributed by atoms with Crippen molar-refractivity contribution in [2.24, 2.45) is 10.4 Å². The quantitative estimate of drug-likeness (QED) is 0.265. The largest absolute Gasteiger partial charge is 0.497 e. The second-order valence-corrected chi connectivity index (χ2v) is 7.66. The average molecular weight is 540 g/mol. The van der Waals surface area contributed by atoms with E-state index in [4.69, 9.17) is 14.2 Å². The van der Waals surface area contributed by atoms with Crippen molar-refractivity contribution >= 4 is 29.9 Å². The van der Waals surface area contributed by atoms with Gasteiger partial charge >= 0.3 is 0 Å². The highest BCUT2D eigenvalue weighted by Crippen LogP contribution is 2.43. The molecule has 1 aliphatic carbocycles. The molecule has 1 saturated carbocycles. The molecule has 0 aliphatic heterocycles. The zero-order valence-corrected chi connectivity index (χ0v) is 20.8. The number of hydrogen-bond donors (Lipinski definition) is 2. The molecule has 1 fully saturated rings. The molecular weight excluding hydrogens is 507 g/mol. The van der Waals surface area contributed by atoms with Crippen LogP contribution in [0.2, 0.25) is 0 Å². The first kappa shape index (κ1) is 25.2. The van der Waals surface area contributed by atoms with Gasteiger partial charge in [-0.1, -0.05) is 12.5 Å². The lowest BCUT2D eigenvalue weighted by Crippen LogP contribution is -2.46. The van der Waals surface area contributed by atoms with Crippen molar-refractivity contribution in [2.45, 2.75) is 32.2 Å². The summed E-state index contributed by atoms with van der Waals surface area (Å²) in [6, 6.07) is 11.3. The minimum Gasteiger partial charge on any atom is -0.497 e. The van der Waals surface area contributed by atoms with E-state index in [1.807, 2.05) is 42.6 Å². The van der Waals surface area contributed by atoms with E-state index in [-0.39, 0.29) is 24.0 Å². The lowest BCUT2D eigenvalue weighted by Gasteiger charge is -2.42. The van der Waals surface area contributed by atoms with Crippen LogP contribution in [0.5, 0.6) is 17.4 Å². The van der Waals surface area contributed by atoms with Gasteiger partial charge in [0.15, 0.2) is 5.96 Å². The predicted octanol–water partition coefficient (Wildman–Crippen LogP) is 4.37. The summed E-state index contributed by atoms with van der Waals surface area (Å²) in [7, 11) is 5.20. The van der Waals surface area contributed by atoms with Gasteiger partial charge in [-0.2, -0.15) is 0 Å². The predicted molar refractivity (Wildman–Crippen MR) is 134 cm³/mol. The van der Waals surface area contributed by atoms with Crippen molar-refractivity contribution in [2.75, 3.05) is 34.4 Å². The van der Waals surface area contributed by atoms with Crippen LogP contribution in [0.3, 0.4) is 0 Å². The second-order valence-electron chi connectivity index (χ2n) is 7.66. The number of nitrogens with zero attached hydrogens (tertiary/aromatic N) is 2. The maximum Gasteiger partial charge on any atom is 0.219 e. The smallest absolute Gasteiger partial charge is 0.219 e. The van der Waals surface area contributed by atoms with Gasteiger partial charge in [0.2, 0.25) is 5.88 Å².